The van der Waals surface area contributed by atoms with Gasteiger partial charge in [0.15, 0.2) is 15.6 Å². The van der Waals surface area contributed by atoms with E-state index < -0.39 is 25.8 Å². The highest BCUT2D eigenvalue weighted by molar-refractivity contribution is 7.91. The molecule has 0 radical (unpaired) electrons. The van der Waals surface area contributed by atoms with Crippen molar-refractivity contribution in [3.8, 4) is 0 Å². The molecule has 0 spiro atoms. The fourth-order valence-corrected chi connectivity index (χ4v) is 12.9. The molecule has 5 aromatic carbocycles. The lowest BCUT2D eigenvalue weighted by Gasteiger charge is -2.33. The predicted molar refractivity (Wildman–Crippen MR) is 302 cm³/mol. The number of hydrogen-bond acceptors (Lipinski definition) is 14. The van der Waals surface area contributed by atoms with E-state index in [9.17, 15) is 26.4 Å². The molecule has 7 rings (SSSR count). The van der Waals surface area contributed by atoms with Crippen LogP contribution in [0.5, 0.6) is 0 Å². The molecule has 2 N–H and O–H groups in total. The summed E-state index contributed by atoms with van der Waals surface area (Å²) < 4.78 is 89.0. The number of nitrogens with zero attached hydrogens (tertiary/aromatic N) is 2. The van der Waals surface area contributed by atoms with Crippen LogP contribution in [0.3, 0.4) is 0 Å². The first kappa shape index (κ1) is 61.6. The number of carbonyl (C=O) groups excluding carboxylic acids is 2. The first-order valence-electron chi connectivity index (χ1n) is 25.6. The minimum atomic E-state index is -3.80. The maximum atomic E-state index is 13.3. The average Bonchev–Trinajstić information content (AvgIpc) is 3.52. The highest BCUT2D eigenvalue weighted by Crippen LogP contribution is 2.40. The molecule has 1 amide bonds. The molecule has 2 aliphatic heterocycles. The van der Waals surface area contributed by atoms with Crippen LogP contribution in [0.2, 0.25) is 20.1 Å². The number of benzene rings is 5. The molecule has 78 heavy (non-hydrogen) atoms. The number of ether oxygens (including phenoxy) is 6. The minimum absolute atomic E-state index is 0.0727. The van der Waals surface area contributed by atoms with Gasteiger partial charge in [0.2, 0.25) is 10.0 Å². The van der Waals surface area contributed by atoms with E-state index in [-0.39, 0.29) is 137 Å². The summed E-state index contributed by atoms with van der Waals surface area (Å²) in [5.74, 6) is -1.04. The number of hydrogen-bond donors (Lipinski definition) is 2. The molecule has 0 fully saturated rings. The predicted octanol–water partition coefficient (Wildman–Crippen LogP) is 8.31. The molecule has 0 saturated carbocycles. The first-order valence-corrected chi connectivity index (χ1v) is 30.3. The van der Waals surface area contributed by atoms with Crippen LogP contribution in [0.25, 0.3) is 0 Å². The Kier molecular flexibility index (Phi) is 23.8. The molecule has 2 aliphatic rings. The fourth-order valence-electron chi connectivity index (χ4n) is 9.37. The molecule has 2 heterocycles. The number of rotatable bonds is 31. The molecule has 16 nitrogen and oxygen atoms in total. The van der Waals surface area contributed by atoms with E-state index in [0.717, 1.165) is 33.4 Å². The maximum Gasteiger partial charge on any atom is 0.252 e. The Morgan fingerprint density at radius 3 is 1.59 bits per heavy atom. The Hall–Kier alpha value is -4.06. The topological polar surface area (TPSA) is 188 Å². The Labute approximate surface area is 477 Å². The summed E-state index contributed by atoms with van der Waals surface area (Å²) >= 11 is 25.8. The van der Waals surface area contributed by atoms with Gasteiger partial charge in [0.05, 0.1) is 87.2 Å². The number of ketones is 1. The lowest BCUT2D eigenvalue weighted by molar-refractivity contribution is 0.0158. The average molecular weight is 1190 g/mol. The van der Waals surface area contributed by atoms with Gasteiger partial charge in [0, 0.05) is 83.4 Å². The number of likely N-dealkylation sites (N-methyl/N-ethyl adjacent to an activating group) is 2. The number of sulfone groups is 1. The Bertz CT molecular complexity index is 3060. The van der Waals surface area contributed by atoms with Gasteiger partial charge in [-0.05, 0) is 108 Å². The monoisotopic (exact) mass is 1190 g/mol. The van der Waals surface area contributed by atoms with E-state index in [2.05, 4.69) is 19.8 Å². The normalized spacial score (nSPS) is 16.0. The second-order valence-corrected chi connectivity index (χ2v) is 24.5. The van der Waals surface area contributed by atoms with Gasteiger partial charge in [0.25, 0.3) is 5.91 Å². The van der Waals surface area contributed by atoms with E-state index >= 15 is 0 Å². The number of Topliss-reactive ketones (excluding diaryl/α,β-unsaturated/α-hetero) is 1. The number of halogens is 4. The molecular formula is C56H66Cl4N4O12S2. The van der Waals surface area contributed by atoms with E-state index in [1.807, 2.05) is 38.4 Å². The van der Waals surface area contributed by atoms with Crippen LogP contribution < -0.4 is 10.0 Å². The summed E-state index contributed by atoms with van der Waals surface area (Å²) in [4.78, 5) is 30.7. The molecule has 22 heteroatoms. The van der Waals surface area contributed by atoms with E-state index in [4.69, 9.17) is 74.8 Å². The van der Waals surface area contributed by atoms with E-state index in [1.165, 1.54) is 0 Å². The minimum Gasteiger partial charge on any atom is -0.379 e. The third kappa shape index (κ3) is 17.7. The van der Waals surface area contributed by atoms with Crippen molar-refractivity contribution in [1.82, 2.24) is 19.8 Å². The lowest BCUT2D eigenvalue weighted by Crippen LogP contribution is -2.31. The van der Waals surface area contributed by atoms with Gasteiger partial charge in [-0.1, -0.05) is 88.9 Å². The van der Waals surface area contributed by atoms with Crippen molar-refractivity contribution in [2.45, 2.75) is 41.1 Å². The summed E-state index contributed by atoms with van der Waals surface area (Å²) in [7, 11) is -3.36. The number of fused-ring (bicyclic) bond motifs is 2. The zero-order valence-electron chi connectivity index (χ0n) is 43.7. The summed E-state index contributed by atoms with van der Waals surface area (Å²) in [6, 6.07) is 27.7. The van der Waals surface area contributed by atoms with E-state index in [1.54, 1.807) is 72.8 Å². The van der Waals surface area contributed by atoms with Gasteiger partial charge in [-0.25, -0.2) is 21.6 Å². The molecule has 0 aromatic heterocycles. The Morgan fingerprint density at radius 2 is 1.03 bits per heavy atom. The summed E-state index contributed by atoms with van der Waals surface area (Å²) in [5.41, 5.74) is 6.16. The molecule has 2 unspecified atom stereocenters. The number of amides is 1. The maximum absolute atomic E-state index is 13.3. The molecule has 0 aliphatic carbocycles. The number of nitrogens with one attached hydrogen (secondary N) is 2. The van der Waals surface area contributed by atoms with Crippen molar-refractivity contribution in [2.75, 3.05) is 125 Å². The van der Waals surface area contributed by atoms with Gasteiger partial charge >= 0.3 is 0 Å². The van der Waals surface area contributed by atoms with E-state index in [0.29, 0.717) is 52.7 Å². The van der Waals surface area contributed by atoms with Crippen molar-refractivity contribution in [3.63, 3.8) is 0 Å². The largest absolute Gasteiger partial charge is 0.379 e. The molecular weight excluding hydrogens is 1130 g/mol. The smallest absolute Gasteiger partial charge is 0.252 e. The van der Waals surface area contributed by atoms with Crippen molar-refractivity contribution in [2.24, 2.45) is 0 Å². The number of carbonyl (C=O) groups is 2. The standard InChI is InChI=1S/C56H66Cl4N4O12S2/c1-63-34-49(47-30-41(57)32-53(59)51(47)36-63)39-8-5-10-43(28-39)77(67,68)27-7-16-71-19-22-75-25-26-76-38-55(65)45-12-3-4-13-46(45)56(66)61-14-17-72-20-23-74-24-21-73-18-15-62-78(69,70)44-11-6-9-40(29-44)50-35-64(2)37-52-48(50)31-42(58)33-54(52)60/h3-6,8-13,28-33,49-50,62H,7,14-27,34-38H2,1-2H3,(H,61,66). The summed E-state index contributed by atoms with van der Waals surface area (Å²) in [5, 5.41) is 5.04. The Balaban J connectivity index is 0.688. The van der Waals surface area contributed by atoms with Crippen molar-refractivity contribution < 1.29 is 54.8 Å². The quantitative estimate of drug-likeness (QED) is 0.0319. The van der Waals surface area contributed by atoms with Crippen molar-refractivity contribution in [1.29, 1.82) is 0 Å². The molecule has 0 saturated heterocycles. The second-order valence-electron chi connectivity index (χ2n) is 19.0. The fraction of sp³-hybridized carbons (Fsp3) is 0.429. The summed E-state index contributed by atoms with van der Waals surface area (Å²) in [6.07, 6.45) is 0.308. The SMILES string of the molecule is CN1Cc2c(Cl)cc(Cl)cc2C(c2cccc(S(=O)(=O)CCCOCCOCCOCC(=O)c3ccccc3C(=O)NCCOCCOCCOCCNS(=O)(=O)c3cccc(C4CN(C)Cc5c(Cl)cc(Cl)cc54)c3)c2)C1. The highest BCUT2D eigenvalue weighted by Gasteiger charge is 2.30. The molecule has 2 atom stereocenters. The van der Waals surface area contributed by atoms with Crippen LogP contribution in [0.1, 0.15) is 72.4 Å². The first-order chi connectivity index (χ1) is 37.5. The number of sulfonamides is 1. The summed E-state index contributed by atoms with van der Waals surface area (Å²) in [6.45, 7) is 5.31. The van der Waals surface area contributed by atoms with Gasteiger partial charge in [-0.2, -0.15) is 0 Å². The third-order valence-electron chi connectivity index (χ3n) is 13.1. The van der Waals surface area contributed by atoms with Crippen LogP contribution in [0, 0.1) is 0 Å². The highest BCUT2D eigenvalue weighted by atomic mass is 35.5. The van der Waals surface area contributed by atoms with Gasteiger partial charge in [0.1, 0.15) is 6.61 Å². The van der Waals surface area contributed by atoms with Crippen LogP contribution in [-0.4, -0.2) is 164 Å². The van der Waals surface area contributed by atoms with Gasteiger partial charge in [-0.3, -0.25) is 9.59 Å². The van der Waals surface area contributed by atoms with Crippen LogP contribution in [0.15, 0.2) is 107 Å². The van der Waals surface area contributed by atoms with Gasteiger partial charge in [-0.15, -0.1) is 0 Å². The van der Waals surface area contributed by atoms with Gasteiger partial charge < -0.3 is 43.5 Å². The molecule has 5 aromatic rings. The van der Waals surface area contributed by atoms with Crippen LogP contribution >= 0.6 is 46.4 Å². The van der Waals surface area contributed by atoms with Crippen LogP contribution in [-0.2, 0) is 61.4 Å². The van der Waals surface area contributed by atoms with Crippen LogP contribution in [0.4, 0.5) is 0 Å². The molecule has 422 valence electrons. The van der Waals surface area contributed by atoms with Crippen molar-refractivity contribution >= 4 is 78.0 Å². The zero-order chi connectivity index (χ0) is 55.7. The molecule has 0 bridgehead atoms. The second kappa shape index (κ2) is 30.1. The lowest BCUT2D eigenvalue weighted by atomic mass is 9.85. The van der Waals surface area contributed by atoms with Crippen molar-refractivity contribution in [3.05, 3.63) is 162 Å². The zero-order valence-corrected chi connectivity index (χ0v) is 48.3. The Morgan fingerprint density at radius 1 is 0.551 bits per heavy atom. The third-order valence-corrected chi connectivity index (χ3v) is 17.5.